The Hall–Kier alpha value is -0.670. The largest absolute Gasteiger partial charge is 0.461 e. The van der Waals surface area contributed by atoms with Crippen LogP contribution < -0.4 is 0 Å². The topological polar surface area (TPSA) is 26.3 Å². The SMILES string of the molecule is CCC(C)(C)C(=O)OC1CC(F)(F)C1. The van der Waals surface area contributed by atoms with Crippen LogP contribution in [0.2, 0.25) is 0 Å². The van der Waals surface area contributed by atoms with Gasteiger partial charge in [-0.2, -0.15) is 0 Å². The van der Waals surface area contributed by atoms with Crippen molar-refractivity contribution >= 4 is 5.97 Å². The van der Waals surface area contributed by atoms with E-state index in [2.05, 4.69) is 0 Å². The fourth-order valence-electron chi connectivity index (χ4n) is 1.14. The van der Waals surface area contributed by atoms with E-state index in [1.54, 1.807) is 13.8 Å². The van der Waals surface area contributed by atoms with Crippen LogP contribution in [0.15, 0.2) is 0 Å². The fraction of sp³-hybridized carbons (Fsp3) is 0.900. The van der Waals surface area contributed by atoms with Crippen molar-refractivity contribution in [2.75, 3.05) is 0 Å². The molecule has 0 aromatic carbocycles. The van der Waals surface area contributed by atoms with Crippen molar-refractivity contribution in [3.8, 4) is 0 Å². The van der Waals surface area contributed by atoms with Gasteiger partial charge in [-0.3, -0.25) is 4.79 Å². The Bertz CT molecular complexity index is 228. The highest BCUT2D eigenvalue weighted by Gasteiger charge is 2.48. The lowest BCUT2D eigenvalue weighted by Gasteiger charge is -2.36. The highest BCUT2D eigenvalue weighted by atomic mass is 19.3. The second kappa shape index (κ2) is 3.48. The minimum atomic E-state index is -2.62. The molecule has 0 amide bonds. The molecule has 0 unspecified atom stereocenters. The molecule has 0 radical (unpaired) electrons. The molecule has 1 fully saturated rings. The molecule has 1 aliphatic carbocycles. The van der Waals surface area contributed by atoms with E-state index in [9.17, 15) is 13.6 Å². The molecule has 82 valence electrons. The molecule has 0 aromatic rings. The Labute approximate surface area is 82.6 Å². The molecular formula is C10H16F2O2. The van der Waals surface area contributed by atoms with Crippen molar-refractivity contribution in [3.63, 3.8) is 0 Å². The summed E-state index contributed by atoms with van der Waals surface area (Å²) in [6.07, 6.45) is -0.574. The lowest BCUT2D eigenvalue weighted by Crippen LogP contribution is -2.44. The molecule has 0 spiro atoms. The lowest BCUT2D eigenvalue weighted by molar-refractivity contribution is -0.191. The van der Waals surface area contributed by atoms with Crippen LogP contribution in [-0.4, -0.2) is 18.0 Å². The van der Waals surface area contributed by atoms with Crippen molar-refractivity contribution in [2.45, 2.75) is 52.1 Å². The maximum Gasteiger partial charge on any atom is 0.311 e. The second-order valence-electron chi connectivity index (χ2n) is 4.53. The summed E-state index contributed by atoms with van der Waals surface area (Å²) in [5.41, 5.74) is -0.565. The molecule has 0 aliphatic heterocycles. The summed E-state index contributed by atoms with van der Waals surface area (Å²) < 4.78 is 29.8. The number of esters is 1. The Morgan fingerprint density at radius 1 is 1.50 bits per heavy atom. The summed E-state index contributed by atoms with van der Waals surface area (Å²) in [4.78, 5) is 11.4. The molecule has 1 rings (SSSR count). The molecule has 1 saturated carbocycles. The number of alkyl halides is 2. The third kappa shape index (κ3) is 2.42. The van der Waals surface area contributed by atoms with Crippen molar-refractivity contribution in [1.82, 2.24) is 0 Å². The van der Waals surface area contributed by atoms with Crippen LogP contribution in [0.4, 0.5) is 8.78 Å². The van der Waals surface area contributed by atoms with Crippen molar-refractivity contribution in [1.29, 1.82) is 0 Å². The molecule has 0 N–H and O–H groups in total. The van der Waals surface area contributed by atoms with Gasteiger partial charge < -0.3 is 4.74 Å². The van der Waals surface area contributed by atoms with Crippen LogP contribution >= 0.6 is 0 Å². The first kappa shape index (κ1) is 11.4. The van der Waals surface area contributed by atoms with E-state index in [0.717, 1.165) is 0 Å². The highest BCUT2D eigenvalue weighted by molar-refractivity contribution is 5.76. The predicted octanol–water partition coefficient (Wildman–Crippen LogP) is 2.76. The van der Waals surface area contributed by atoms with E-state index in [1.807, 2.05) is 6.92 Å². The second-order valence-corrected chi connectivity index (χ2v) is 4.53. The van der Waals surface area contributed by atoms with E-state index in [-0.39, 0.29) is 18.8 Å². The highest BCUT2D eigenvalue weighted by Crippen LogP contribution is 2.40. The van der Waals surface area contributed by atoms with Crippen LogP contribution in [0.5, 0.6) is 0 Å². The fourth-order valence-corrected chi connectivity index (χ4v) is 1.14. The molecule has 0 atom stereocenters. The van der Waals surface area contributed by atoms with Gasteiger partial charge in [-0.1, -0.05) is 6.92 Å². The predicted molar refractivity (Wildman–Crippen MR) is 48.1 cm³/mol. The molecule has 0 heterocycles. The zero-order chi connectivity index (χ0) is 11.0. The number of carbonyl (C=O) groups is 1. The van der Waals surface area contributed by atoms with Crippen LogP contribution in [0.3, 0.4) is 0 Å². The Morgan fingerprint density at radius 3 is 2.36 bits per heavy atom. The summed E-state index contributed by atoms with van der Waals surface area (Å²) in [5, 5.41) is 0. The first-order valence-corrected chi connectivity index (χ1v) is 4.86. The maximum atomic E-state index is 12.4. The molecule has 0 aromatic heterocycles. The van der Waals surface area contributed by atoms with Crippen molar-refractivity contribution < 1.29 is 18.3 Å². The summed E-state index contributed by atoms with van der Waals surface area (Å²) in [6, 6.07) is 0. The van der Waals surface area contributed by atoms with Gasteiger partial charge >= 0.3 is 5.97 Å². The number of ether oxygens (including phenoxy) is 1. The number of carbonyl (C=O) groups excluding carboxylic acids is 1. The average molecular weight is 206 g/mol. The quantitative estimate of drug-likeness (QED) is 0.664. The van der Waals surface area contributed by atoms with Crippen LogP contribution in [0.1, 0.15) is 40.0 Å². The smallest absolute Gasteiger partial charge is 0.311 e. The van der Waals surface area contributed by atoms with Crippen LogP contribution in [0, 0.1) is 5.41 Å². The molecular weight excluding hydrogens is 190 g/mol. The van der Waals surface area contributed by atoms with E-state index in [1.165, 1.54) is 0 Å². The summed E-state index contributed by atoms with van der Waals surface area (Å²) in [7, 11) is 0. The van der Waals surface area contributed by atoms with Gasteiger partial charge in [-0.05, 0) is 20.3 Å². The van der Waals surface area contributed by atoms with Gasteiger partial charge in [0.1, 0.15) is 6.10 Å². The Kier molecular flexibility index (Phi) is 2.83. The average Bonchev–Trinajstić information content (AvgIpc) is 2.01. The molecule has 4 heteroatoms. The standard InChI is InChI=1S/C10H16F2O2/c1-4-9(2,3)8(13)14-7-5-10(11,12)6-7/h7H,4-6H2,1-3H3. The van der Waals surface area contributed by atoms with E-state index >= 15 is 0 Å². The van der Waals surface area contributed by atoms with E-state index in [0.29, 0.717) is 6.42 Å². The van der Waals surface area contributed by atoms with Crippen molar-refractivity contribution in [3.05, 3.63) is 0 Å². The molecule has 0 saturated heterocycles. The van der Waals surface area contributed by atoms with Gasteiger partial charge in [0.05, 0.1) is 5.41 Å². The normalized spacial score (nSPS) is 21.5. The van der Waals surface area contributed by atoms with E-state index in [4.69, 9.17) is 4.74 Å². The third-order valence-corrected chi connectivity index (χ3v) is 2.76. The number of hydrogen-bond acceptors (Lipinski definition) is 2. The Balaban J connectivity index is 2.37. The molecule has 1 aliphatic rings. The molecule has 14 heavy (non-hydrogen) atoms. The van der Waals surface area contributed by atoms with Gasteiger partial charge in [-0.15, -0.1) is 0 Å². The summed E-state index contributed by atoms with van der Waals surface area (Å²) >= 11 is 0. The number of hydrogen-bond donors (Lipinski definition) is 0. The monoisotopic (exact) mass is 206 g/mol. The maximum absolute atomic E-state index is 12.4. The number of rotatable bonds is 3. The third-order valence-electron chi connectivity index (χ3n) is 2.76. The van der Waals surface area contributed by atoms with Crippen LogP contribution in [0.25, 0.3) is 0 Å². The summed E-state index contributed by atoms with van der Waals surface area (Å²) in [5.74, 6) is -3.00. The van der Waals surface area contributed by atoms with Gasteiger partial charge in [0.15, 0.2) is 0 Å². The van der Waals surface area contributed by atoms with Crippen LogP contribution in [-0.2, 0) is 9.53 Å². The Morgan fingerprint density at radius 2 is 2.00 bits per heavy atom. The molecule has 0 bridgehead atoms. The van der Waals surface area contributed by atoms with Gasteiger partial charge in [0.25, 0.3) is 5.92 Å². The first-order chi connectivity index (χ1) is 6.27. The molecule has 2 nitrogen and oxygen atoms in total. The van der Waals surface area contributed by atoms with Gasteiger partial charge in [0.2, 0.25) is 0 Å². The first-order valence-electron chi connectivity index (χ1n) is 4.86. The number of halogens is 2. The van der Waals surface area contributed by atoms with E-state index < -0.39 is 17.4 Å². The van der Waals surface area contributed by atoms with Crippen molar-refractivity contribution in [2.24, 2.45) is 5.41 Å². The summed E-state index contributed by atoms with van der Waals surface area (Å²) in [6.45, 7) is 5.38. The lowest BCUT2D eigenvalue weighted by atomic mass is 9.88. The minimum Gasteiger partial charge on any atom is -0.461 e. The minimum absolute atomic E-state index is 0.321. The van der Waals surface area contributed by atoms with Gasteiger partial charge in [0, 0.05) is 12.8 Å². The van der Waals surface area contributed by atoms with Gasteiger partial charge in [-0.25, -0.2) is 8.78 Å². The zero-order valence-electron chi connectivity index (χ0n) is 8.77. The zero-order valence-corrected chi connectivity index (χ0v) is 8.77.